The highest BCUT2D eigenvalue weighted by molar-refractivity contribution is 7.99. The zero-order valence-corrected chi connectivity index (χ0v) is 34.2. The predicted octanol–water partition coefficient (Wildman–Crippen LogP) is 8.94. The molecule has 1 amide bonds. The van der Waals surface area contributed by atoms with Crippen molar-refractivity contribution in [2.75, 3.05) is 5.75 Å². The van der Waals surface area contributed by atoms with Crippen LogP contribution in [0.3, 0.4) is 0 Å². The van der Waals surface area contributed by atoms with Crippen molar-refractivity contribution < 1.29 is 27.8 Å². The van der Waals surface area contributed by atoms with E-state index in [1.165, 1.54) is 4.90 Å². The number of carbonyl (C=O) groups excluding carboxylic acids is 1. The number of ether oxygens (including phenoxy) is 2. The number of aliphatic hydroxyl groups is 1. The van der Waals surface area contributed by atoms with Crippen LogP contribution in [0.5, 0.6) is 0 Å². The maximum atomic E-state index is 13.8. The van der Waals surface area contributed by atoms with E-state index in [1.807, 2.05) is 128 Å². The van der Waals surface area contributed by atoms with Crippen LogP contribution in [0.25, 0.3) is 11.1 Å². The minimum Gasteiger partial charge on any atom is -0.392 e. The molecular formula is C48H48N2O6S2. The zero-order chi connectivity index (χ0) is 40.5. The summed E-state index contributed by atoms with van der Waals surface area (Å²) in [6.45, 7) is 4.23. The molecule has 8 nitrogen and oxygen atoms in total. The molecule has 0 unspecified atom stereocenters. The molecule has 6 aromatic rings. The van der Waals surface area contributed by atoms with E-state index in [2.05, 4.69) is 29.1 Å². The second-order valence-electron chi connectivity index (χ2n) is 14.6. The highest BCUT2D eigenvalue weighted by Gasteiger charge is 2.38. The molecule has 1 saturated heterocycles. The van der Waals surface area contributed by atoms with Crippen LogP contribution in [0.2, 0.25) is 0 Å². The van der Waals surface area contributed by atoms with Crippen molar-refractivity contribution in [3.8, 4) is 11.1 Å². The number of benzene rings is 6. The van der Waals surface area contributed by atoms with Gasteiger partial charge in [-0.15, -0.1) is 11.8 Å². The first-order valence-corrected chi connectivity index (χ1v) is 21.9. The maximum Gasteiger partial charge on any atom is 0.241 e. The number of carbonyl (C=O) groups is 1. The smallest absolute Gasteiger partial charge is 0.241 e. The number of rotatable bonds is 15. The molecule has 298 valence electrons. The highest BCUT2D eigenvalue weighted by Crippen LogP contribution is 2.43. The van der Waals surface area contributed by atoms with Gasteiger partial charge in [-0.1, -0.05) is 146 Å². The third-order valence-corrected chi connectivity index (χ3v) is 13.1. The summed E-state index contributed by atoms with van der Waals surface area (Å²) in [5, 5.41) is 12.6. The topological polar surface area (TPSA) is 114 Å². The third-order valence-electron chi connectivity index (χ3n) is 10.5. The van der Waals surface area contributed by atoms with Gasteiger partial charge in [0.05, 0.1) is 23.7 Å². The lowest BCUT2D eigenvalue weighted by molar-refractivity contribution is -0.268. The highest BCUT2D eigenvalue weighted by atomic mass is 32.2. The van der Waals surface area contributed by atoms with Crippen molar-refractivity contribution in [2.45, 2.75) is 67.8 Å². The lowest BCUT2D eigenvalue weighted by Gasteiger charge is -2.41. The van der Waals surface area contributed by atoms with Gasteiger partial charge in [-0.05, 0) is 71.0 Å². The van der Waals surface area contributed by atoms with Gasteiger partial charge in [-0.25, -0.2) is 8.42 Å². The molecule has 58 heavy (non-hydrogen) atoms. The van der Waals surface area contributed by atoms with Gasteiger partial charge in [0.25, 0.3) is 0 Å². The number of aliphatic hydroxyl groups excluding tert-OH is 1. The molecule has 0 radical (unpaired) electrons. The van der Waals surface area contributed by atoms with E-state index in [-0.39, 0.29) is 42.6 Å². The molecule has 1 aliphatic rings. The van der Waals surface area contributed by atoms with E-state index in [4.69, 9.17) is 9.47 Å². The molecule has 0 saturated carbocycles. The van der Waals surface area contributed by atoms with Crippen LogP contribution in [-0.2, 0) is 43.9 Å². The quantitative estimate of drug-likeness (QED) is 0.0888. The van der Waals surface area contributed by atoms with Gasteiger partial charge in [-0.2, -0.15) is 4.72 Å². The van der Waals surface area contributed by atoms with Crippen molar-refractivity contribution in [3.05, 3.63) is 191 Å². The van der Waals surface area contributed by atoms with E-state index in [9.17, 15) is 18.3 Å². The fraction of sp³-hybridized carbons (Fsp3) is 0.229. The Balaban J connectivity index is 1.08. The van der Waals surface area contributed by atoms with Gasteiger partial charge in [-0.3, -0.25) is 4.79 Å². The molecule has 5 atom stereocenters. The molecular weight excluding hydrogens is 765 g/mol. The minimum absolute atomic E-state index is 0.0177. The summed E-state index contributed by atoms with van der Waals surface area (Å²) in [6.07, 6.45) is -0.730. The molecule has 7 rings (SSSR count). The van der Waals surface area contributed by atoms with Crippen LogP contribution in [-0.4, -0.2) is 37.3 Å². The Hall–Kier alpha value is -5.07. The van der Waals surface area contributed by atoms with Crippen LogP contribution in [0, 0.1) is 12.8 Å². The molecule has 10 heteroatoms. The first kappa shape index (κ1) is 41.1. The van der Waals surface area contributed by atoms with Crippen LogP contribution in [0.15, 0.2) is 168 Å². The fourth-order valence-corrected chi connectivity index (χ4v) is 9.38. The average Bonchev–Trinajstić information content (AvgIpc) is 3.26. The number of amides is 1. The number of aryl methyl sites for hydroxylation is 1. The lowest BCUT2D eigenvalue weighted by atomic mass is 9.91. The van der Waals surface area contributed by atoms with Gasteiger partial charge in [0.1, 0.15) is 6.04 Å². The van der Waals surface area contributed by atoms with Crippen molar-refractivity contribution in [2.24, 2.45) is 5.92 Å². The average molecular weight is 813 g/mol. The third kappa shape index (κ3) is 10.3. The SMILES string of the molecule is Cc1ccc(S(=O)(=O)N[C@H](Cc2ccccc2)C(=O)NCc2ccccc2-c2ccc([C@@H]3O[C@H](CSc4ccccc4)[C@H](C)[C@H](c4ccc(CO)cc4)O3)cc2)cc1. The first-order chi connectivity index (χ1) is 28.2. The second-order valence-corrected chi connectivity index (χ2v) is 17.4. The Morgan fingerprint density at radius 1 is 0.741 bits per heavy atom. The van der Waals surface area contributed by atoms with Crippen molar-refractivity contribution in [3.63, 3.8) is 0 Å². The lowest BCUT2D eigenvalue weighted by Crippen LogP contribution is -2.47. The van der Waals surface area contributed by atoms with Crippen LogP contribution in [0.4, 0.5) is 0 Å². The van der Waals surface area contributed by atoms with E-state index < -0.39 is 28.3 Å². The van der Waals surface area contributed by atoms with Crippen molar-refractivity contribution in [1.29, 1.82) is 0 Å². The predicted molar refractivity (Wildman–Crippen MR) is 229 cm³/mol. The normalized spacial score (nSPS) is 18.7. The van der Waals surface area contributed by atoms with Gasteiger partial charge in [0.2, 0.25) is 15.9 Å². The molecule has 0 spiro atoms. The van der Waals surface area contributed by atoms with Crippen LogP contribution in [0.1, 0.15) is 52.7 Å². The largest absolute Gasteiger partial charge is 0.392 e. The van der Waals surface area contributed by atoms with Crippen LogP contribution >= 0.6 is 11.8 Å². The van der Waals surface area contributed by atoms with Crippen LogP contribution < -0.4 is 10.0 Å². The van der Waals surface area contributed by atoms with Crippen molar-refractivity contribution in [1.82, 2.24) is 10.0 Å². The molecule has 1 aliphatic heterocycles. The maximum absolute atomic E-state index is 13.8. The molecule has 1 heterocycles. The summed E-state index contributed by atoms with van der Waals surface area (Å²) in [5.74, 6) is 0.401. The van der Waals surface area contributed by atoms with Crippen molar-refractivity contribution >= 4 is 27.7 Å². The zero-order valence-electron chi connectivity index (χ0n) is 32.5. The monoisotopic (exact) mass is 812 g/mol. The number of hydrogen-bond acceptors (Lipinski definition) is 7. The number of nitrogens with one attached hydrogen (secondary N) is 2. The van der Waals surface area contributed by atoms with E-state index in [1.54, 1.807) is 36.0 Å². The minimum atomic E-state index is -3.98. The second kappa shape index (κ2) is 19.1. The summed E-state index contributed by atoms with van der Waals surface area (Å²) in [4.78, 5) is 15.1. The number of hydrogen-bond donors (Lipinski definition) is 3. The Kier molecular flexibility index (Phi) is 13.6. The van der Waals surface area contributed by atoms with E-state index >= 15 is 0 Å². The van der Waals surface area contributed by atoms with Gasteiger partial charge in [0, 0.05) is 28.7 Å². The molecule has 0 aromatic heterocycles. The molecule has 6 aromatic carbocycles. The summed E-state index contributed by atoms with van der Waals surface area (Å²) in [7, 11) is -3.98. The molecule has 0 aliphatic carbocycles. The van der Waals surface area contributed by atoms with E-state index in [0.29, 0.717) is 0 Å². The number of sulfonamides is 1. The Bertz CT molecular complexity index is 2360. The summed E-state index contributed by atoms with van der Waals surface area (Å²) < 4.78 is 42.9. The number of thioether (sulfide) groups is 1. The molecule has 1 fully saturated rings. The van der Waals surface area contributed by atoms with Gasteiger partial charge < -0.3 is 19.9 Å². The summed E-state index contributed by atoms with van der Waals surface area (Å²) in [5.41, 5.74) is 7.31. The molecule has 3 N–H and O–H groups in total. The molecule has 0 bridgehead atoms. The Morgan fingerprint density at radius 2 is 1.38 bits per heavy atom. The fourth-order valence-electron chi connectivity index (χ4n) is 7.10. The van der Waals surface area contributed by atoms with Gasteiger partial charge >= 0.3 is 0 Å². The Morgan fingerprint density at radius 3 is 2.07 bits per heavy atom. The van der Waals surface area contributed by atoms with Gasteiger partial charge in [0.15, 0.2) is 6.29 Å². The summed E-state index contributed by atoms with van der Waals surface area (Å²) in [6, 6.07) is 49.1. The standard InChI is InChI=1S/C48H48N2O6S2/c1-33-17-27-42(28-18-33)58(53,54)50-44(29-35-11-5-3-6-12-35)47(52)49-30-40-13-9-10-16-43(40)37-23-25-39(26-24-37)48-55-45(32-57-41-14-7-4-8-15-41)34(2)46(56-48)38-21-19-36(31-51)20-22-38/h3-28,34,44-46,48,50-51H,29-32H2,1-2H3,(H,49,52)/t34-,44+,45+,46+,48+/m0/s1. The first-order valence-electron chi connectivity index (χ1n) is 19.4. The Labute approximate surface area is 345 Å². The summed E-state index contributed by atoms with van der Waals surface area (Å²) >= 11 is 1.77. The van der Waals surface area contributed by atoms with E-state index in [0.717, 1.165) is 50.3 Å².